The molecular formula is C20H22F3N3O4. The summed E-state index contributed by atoms with van der Waals surface area (Å²) in [6.07, 6.45) is -2.97. The van der Waals surface area contributed by atoms with Crippen LogP contribution in [-0.2, 0) is 12.6 Å². The Morgan fingerprint density at radius 3 is 2.53 bits per heavy atom. The zero-order chi connectivity index (χ0) is 22.1. The van der Waals surface area contributed by atoms with Gasteiger partial charge in [-0.3, -0.25) is 4.79 Å². The maximum atomic E-state index is 12.6. The Morgan fingerprint density at radius 1 is 1.23 bits per heavy atom. The molecule has 2 aromatic rings. The van der Waals surface area contributed by atoms with Crippen molar-refractivity contribution in [3.8, 4) is 5.75 Å². The van der Waals surface area contributed by atoms with E-state index >= 15 is 0 Å². The van der Waals surface area contributed by atoms with Crippen molar-refractivity contribution in [2.45, 2.75) is 31.7 Å². The molecule has 1 aromatic heterocycles. The number of alkyl halides is 3. The highest BCUT2D eigenvalue weighted by Crippen LogP contribution is 2.35. The van der Waals surface area contributed by atoms with Gasteiger partial charge in [0.2, 0.25) is 0 Å². The van der Waals surface area contributed by atoms with Gasteiger partial charge in [-0.15, -0.1) is 13.2 Å². The summed E-state index contributed by atoms with van der Waals surface area (Å²) in [6.45, 7) is 2.04. The van der Waals surface area contributed by atoms with Crippen molar-refractivity contribution in [2.24, 2.45) is 7.05 Å². The summed E-state index contributed by atoms with van der Waals surface area (Å²) >= 11 is 0. The smallest absolute Gasteiger partial charge is 0.406 e. The fourth-order valence-corrected chi connectivity index (χ4v) is 3.41. The second-order valence-corrected chi connectivity index (χ2v) is 7.31. The van der Waals surface area contributed by atoms with E-state index in [0.717, 1.165) is 12.1 Å². The van der Waals surface area contributed by atoms with Crippen LogP contribution in [-0.4, -0.2) is 40.1 Å². The molecule has 0 aliphatic carbocycles. The quantitative estimate of drug-likeness (QED) is 0.792. The van der Waals surface area contributed by atoms with Crippen LogP contribution < -0.4 is 15.6 Å². The lowest BCUT2D eigenvalue weighted by Crippen LogP contribution is -2.47. The van der Waals surface area contributed by atoms with Gasteiger partial charge in [-0.1, -0.05) is 12.1 Å². The molecular weight excluding hydrogens is 403 g/mol. The first kappa shape index (κ1) is 21.7. The number of aliphatic hydroxyl groups is 1. The number of carbonyl (C=O) groups is 1. The number of ether oxygens (including phenoxy) is 1. The van der Waals surface area contributed by atoms with Crippen molar-refractivity contribution >= 4 is 11.7 Å². The monoisotopic (exact) mass is 425 g/mol. The van der Waals surface area contributed by atoms with E-state index in [4.69, 9.17) is 0 Å². The molecule has 30 heavy (non-hydrogen) atoms. The van der Waals surface area contributed by atoms with E-state index in [2.05, 4.69) is 10.1 Å². The minimum atomic E-state index is -4.82. The molecule has 1 saturated heterocycles. The Labute approximate surface area is 170 Å². The number of amides is 2. The first-order valence-corrected chi connectivity index (χ1v) is 9.29. The van der Waals surface area contributed by atoms with Gasteiger partial charge in [0.05, 0.1) is 5.60 Å². The molecule has 0 bridgehead atoms. The molecule has 2 amide bonds. The maximum absolute atomic E-state index is 12.6. The average Bonchev–Trinajstić information content (AvgIpc) is 2.67. The minimum absolute atomic E-state index is 0.127. The van der Waals surface area contributed by atoms with Crippen LogP contribution in [0, 0.1) is 6.92 Å². The zero-order valence-electron chi connectivity index (χ0n) is 16.5. The Morgan fingerprint density at radius 2 is 1.90 bits per heavy atom. The molecule has 0 radical (unpaired) electrons. The van der Waals surface area contributed by atoms with Gasteiger partial charge < -0.3 is 24.6 Å². The van der Waals surface area contributed by atoms with Crippen LogP contribution >= 0.6 is 0 Å². The number of hydrogen-bond acceptors (Lipinski definition) is 4. The second-order valence-electron chi connectivity index (χ2n) is 7.31. The average molecular weight is 425 g/mol. The molecule has 2 heterocycles. The molecule has 1 aliphatic heterocycles. The standard InChI is InChI=1S/C20H22F3N3O4/c1-13-6-9-25(2)17(27)16(13)24-18(28)26-10-7-19(29,8-11-26)14-4-3-5-15(12-14)30-20(21,22)23/h3-6,9,12,29H,7-8,10-11H2,1-2H3,(H,24,28). The number of nitrogens with zero attached hydrogens (tertiary/aromatic N) is 2. The Kier molecular flexibility index (Phi) is 5.80. The largest absolute Gasteiger partial charge is 0.573 e. The normalized spacial score (nSPS) is 16.3. The lowest BCUT2D eigenvalue weighted by molar-refractivity contribution is -0.274. The number of urea groups is 1. The van der Waals surface area contributed by atoms with Crippen LogP contribution in [0.1, 0.15) is 24.0 Å². The second kappa shape index (κ2) is 8.02. The van der Waals surface area contributed by atoms with Gasteiger partial charge in [0.25, 0.3) is 5.56 Å². The van der Waals surface area contributed by atoms with Crippen molar-refractivity contribution in [3.05, 3.63) is 58.0 Å². The summed E-state index contributed by atoms with van der Waals surface area (Å²) in [4.78, 5) is 26.3. The molecule has 1 fully saturated rings. The molecule has 1 aromatic carbocycles. The summed E-state index contributed by atoms with van der Waals surface area (Å²) < 4.78 is 42.6. The molecule has 7 nitrogen and oxygen atoms in total. The number of hydrogen-bond donors (Lipinski definition) is 2. The van der Waals surface area contributed by atoms with Crippen LogP contribution in [0.5, 0.6) is 5.75 Å². The van der Waals surface area contributed by atoms with Crippen molar-refractivity contribution in [2.75, 3.05) is 18.4 Å². The lowest BCUT2D eigenvalue weighted by atomic mass is 9.84. The summed E-state index contributed by atoms with van der Waals surface area (Å²) in [5.74, 6) is -0.413. The van der Waals surface area contributed by atoms with E-state index < -0.39 is 23.7 Å². The first-order chi connectivity index (χ1) is 14.0. The number of halogens is 3. The number of pyridine rings is 1. The Balaban J connectivity index is 1.68. The van der Waals surface area contributed by atoms with Crippen LogP contribution in [0.2, 0.25) is 0 Å². The molecule has 2 N–H and O–H groups in total. The third-order valence-corrected chi connectivity index (χ3v) is 5.19. The van der Waals surface area contributed by atoms with Crippen LogP contribution in [0.25, 0.3) is 0 Å². The van der Waals surface area contributed by atoms with E-state index in [9.17, 15) is 27.9 Å². The SMILES string of the molecule is Cc1ccn(C)c(=O)c1NC(=O)N1CCC(O)(c2cccc(OC(F)(F)F)c2)CC1. The lowest BCUT2D eigenvalue weighted by Gasteiger charge is -2.38. The van der Waals surface area contributed by atoms with Crippen LogP contribution in [0.15, 0.2) is 41.3 Å². The molecule has 0 saturated carbocycles. The van der Waals surface area contributed by atoms with Crippen molar-refractivity contribution in [1.82, 2.24) is 9.47 Å². The van der Waals surface area contributed by atoms with Gasteiger partial charge >= 0.3 is 12.4 Å². The number of anilines is 1. The van der Waals surface area contributed by atoms with E-state index in [1.807, 2.05) is 0 Å². The third kappa shape index (κ3) is 4.76. The van der Waals surface area contributed by atoms with Gasteiger partial charge in [-0.2, -0.15) is 0 Å². The van der Waals surface area contributed by atoms with Gasteiger partial charge in [0, 0.05) is 26.3 Å². The Bertz CT molecular complexity index is 996. The van der Waals surface area contributed by atoms with E-state index in [1.165, 1.54) is 21.6 Å². The van der Waals surface area contributed by atoms with Gasteiger partial charge in [0.15, 0.2) is 0 Å². The summed E-state index contributed by atoms with van der Waals surface area (Å²) in [7, 11) is 1.58. The first-order valence-electron chi connectivity index (χ1n) is 9.29. The number of aryl methyl sites for hydroxylation is 2. The summed E-state index contributed by atoms with van der Waals surface area (Å²) in [5.41, 5.74) is -0.625. The zero-order valence-corrected chi connectivity index (χ0v) is 16.5. The van der Waals surface area contributed by atoms with E-state index in [0.29, 0.717) is 5.56 Å². The van der Waals surface area contributed by atoms with Crippen LogP contribution in [0.3, 0.4) is 0 Å². The molecule has 1 aliphatic rings. The fraction of sp³-hybridized carbons (Fsp3) is 0.400. The molecule has 0 atom stereocenters. The highest BCUT2D eigenvalue weighted by molar-refractivity contribution is 5.90. The predicted molar refractivity (Wildman–Crippen MR) is 103 cm³/mol. The number of benzene rings is 1. The Hall–Kier alpha value is -3.01. The number of likely N-dealkylation sites (tertiary alicyclic amines) is 1. The molecule has 0 spiro atoms. The third-order valence-electron chi connectivity index (χ3n) is 5.19. The number of carbonyl (C=O) groups excluding carboxylic acids is 1. The summed E-state index contributed by atoms with van der Waals surface area (Å²) in [5, 5.41) is 13.5. The molecule has 3 rings (SSSR count). The number of piperidine rings is 1. The van der Waals surface area contributed by atoms with Crippen molar-refractivity contribution < 1.29 is 27.8 Å². The predicted octanol–water partition coefficient (Wildman–Crippen LogP) is 3.11. The van der Waals surface area contributed by atoms with E-state index in [1.54, 1.807) is 26.2 Å². The highest BCUT2D eigenvalue weighted by atomic mass is 19.4. The molecule has 10 heteroatoms. The van der Waals surface area contributed by atoms with E-state index in [-0.39, 0.29) is 42.7 Å². The number of nitrogens with one attached hydrogen (secondary N) is 1. The summed E-state index contributed by atoms with van der Waals surface area (Å²) in [6, 6.07) is 6.45. The van der Waals surface area contributed by atoms with Crippen LogP contribution in [0.4, 0.5) is 23.7 Å². The number of aromatic nitrogens is 1. The van der Waals surface area contributed by atoms with Crippen molar-refractivity contribution in [1.29, 1.82) is 0 Å². The topological polar surface area (TPSA) is 83.8 Å². The number of rotatable bonds is 3. The van der Waals surface area contributed by atoms with Gasteiger partial charge in [-0.05, 0) is 49.1 Å². The molecule has 0 unspecified atom stereocenters. The van der Waals surface area contributed by atoms with Gasteiger partial charge in [0.1, 0.15) is 11.4 Å². The van der Waals surface area contributed by atoms with Gasteiger partial charge in [-0.25, -0.2) is 4.79 Å². The van der Waals surface area contributed by atoms with Crippen molar-refractivity contribution in [3.63, 3.8) is 0 Å². The maximum Gasteiger partial charge on any atom is 0.573 e. The minimum Gasteiger partial charge on any atom is -0.406 e. The fourth-order valence-electron chi connectivity index (χ4n) is 3.41. The highest BCUT2D eigenvalue weighted by Gasteiger charge is 2.37. The molecule has 162 valence electrons.